The van der Waals surface area contributed by atoms with E-state index in [1.54, 1.807) is 30.6 Å². The molecule has 0 saturated heterocycles. The van der Waals surface area contributed by atoms with Crippen LogP contribution in [0.3, 0.4) is 0 Å². The van der Waals surface area contributed by atoms with Crippen molar-refractivity contribution in [2.75, 3.05) is 0 Å². The van der Waals surface area contributed by atoms with E-state index in [0.717, 1.165) is 11.3 Å². The predicted molar refractivity (Wildman–Crippen MR) is 57.5 cm³/mol. The molecule has 0 aromatic carbocycles. The van der Waals surface area contributed by atoms with Gasteiger partial charge in [0.25, 0.3) is 0 Å². The van der Waals surface area contributed by atoms with Crippen LogP contribution in [0.2, 0.25) is 10.2 Å². The summed E-state index contributed by atoms with van der Waals surface area (Å²) in [6.45, 7) is 0. The Hall–Kier alpha value is -1.12. The largest absolute Gasteiger partial charge is 0.255 e. The van der Waals surface area contributed by atoms with E-state index in [9.17, 15) is 0 Å². The third kappa shape index (κ3) is 1.86. The van der Waals surface area contributed by atoms with Crippen LogP contribution in [0.1, 0.15) is 0 Å². The van der Waals surface area contributed by atoms with Gasteiger partial charge in [0.15, 0.2) is 0 Å². The van der Waals surface area contributed by atoms with Gasteiger partial charge in [0, 0.05) is 18.0 Å². The van der Waals surface area contributed by atoms with Crippen molar-refractivity contribution in [3.05, 3.63) is 46.8 Å². The molecule has 2 nitrogen and oxygen atoms in total. The summed E-state index contributed by atoms with van der Waals surface area (Å²) in [6.07, 6.45) is 3.32. The minimum absolute atomic E-state index is 0.434. The first-order chi connectivity index (χ1) is 6.77. The Labute approximate surface area is 91.5 Å². The molecule has 0 fully saturated rings. The van der Waals surface area contributed by atoms with Crippen molar-refractivity contribution in [3.63, 3.8) is 0 Å². The van der Waals surface area contributed by atoms with Gasteiger partial charge in [-0.2, -0.15) is 0 Å². The van der Waals surface area contributed by atoms with Gasteiger partial charge >= 0.3 is 0 Å². The average Bonchev–Trinajstić information content (AvgIpc) is 2.18. The fourth-order valence-corrected chi connectivity index (χ4v) is 1.55. The summed E-state index contributed by atoms with van der Waals surface area (Å²) in [5.74, 6) is 0. The maximum Gasteiger partial charge on any atom is 0.129 e. The highest BCUT2D eigenvalue weighted by Gasteiger charge is 2.04. The summed E-state index contributed by atoms with van der Waals surface area (Å²) in [5.41, 5.74) is 1.59. The van der Waals surface area contributed by atoms with Gasteiger partial charge in [-0.25, -0.2) is 4.98 Å². The normalized spacial score (nSPS) is 10.1. The van der Waals surface area contributed by atoms with Gasteiger partial charge in [0.05, 0.1) is 10.7 Å². The van der Waals surface area contributed by atoms with Crippen molar-refractivity contribution >= 4 is 23.2 Å². The van der Waals surface area contributed by atoms with E-state index in [2.05, 4.69) is 9.97 Å². The number of nitrogens with zero attached hydrogens (tertiary/aromatic N) is 2. The van der Waals surface area contributed by atoms with E-state index >= 15 is 0 Å². The van der Waals surface area contributed by atoms with Gasteiger partial charge in [-0.1, -0.05) is 23.2 Å². The van der Waals surface area contributed by atoms with Crippen molar-refractivity contribution in [1.82, 2.24) is 9.97 Å². The molecule has 2 heterocycles. The predicted octanol–water partition coefficient (Wildman–Crippen LogP) is 3.45. The summed E-state index contributed by atoms with van der Waals surface area (Å²) >= 11 is 11.8. The van der Waals surface area contributed by atoms with E-state index in [1.165, 1.54) is 0 Å². The molecule has 14 heavy (non-hydrogen) atoms. The number of rotatable bonds is 1. The van der Waals surface area contributed by atoms with Gasteiger partial charge in [0.1, 0.15) is 5.15 Å². The van der Waals surface area contributed by atoms with Crippen molar-refractivity contribution in [2.45, 2.75) is 0 Å². The first-order valence-corrected chi connectivity index (χ1v) is 4.75. The van der Waals surface area contributed by atoms with Crippen molar-refractivity contribution in [1.29, 1.82) is 0 Å². The van der Waals surface area contributed by atoms with Gasteiger partial charge < -0.3 is 0 Å². The van der Waals surface area contributed by atoms with Gasteiger partial charge in [0.2, 0.25) is 0 Å². The Morgan fingerprint density at radius 1 is 1.00 bits per heavy atom. The van der Waals surface area contributed by atoms with Gasteiger partial charge in [-0.05, 0) is 24.3 Å². The molecule has 0 bridgehead atoms. The summed E-state index contributed by atoms with van der Waals surface area (Å²) < 4.78 is 0. The second-order valence-electron chi connectivity index (χ2n) is 2.70. The van der Waals surface area contributed by atoms with E-state index in [-0.39, 0.29) is 0 Å². The quantitative estimate of drug-likeness (QED) is 0.694. The topological polar surface area (TPSA) is 25.8 Å². The van der Waals surface area contributed by atoms with Crippen LogP contribution in [0.15, 0.2) is 36.7 Å². The lowest BCUT2D eigenvalue weighted by molar-refractivity contribution is 1.29. The van der Waals surface area contributed by atoms with Crippen LogP contribution in [0.25, 0.3) is 11.3 Å². The minimum atomic E-state index is 0.434. The van der Waals surface area contributed by atoms with E-state index in [1.807, 2.05) is 6.07 Å². The van der Waals surface area contributed by atoms with E-state index in [4.69, 9.17) is 23.2 Å². The molecule has 0 aliphatic carbocycles. The van der Waals surface area contributed by atoms with Crippen molar-refractivity contribution < 1.29 is 0 Å². The molecule has 2 aromatic rings. The highest BCUT2D eigenvalue weighted by Crippen LogP contribution is 2.25. The third-order valence-corrected chi connectivity index (χ3v) is 2.27. The lowest BCUT2D eigenvalue weighted by atomic mass is 10.2. The molecule has 70 valence electrons. The molecule has 2 rings (SSSR count). The molecule has 0 aliphatic rings. The van der Waals surface area contributed by atoms with Crippen LogP contribution in [0, 0.1) is 0 Å². The zero-order chi connectivity index (χ0) is 9.97. The number of pyridine rings is 2. The molecule has 0 amide bonds. The molecule has 0 unspecified atom stereocenters. The van der Waals surface area contributed by atoms with Gasteiger partial charge in [-0.3, -0.25) is 4.98 Å². The molecule has 0 atom stereocenters. The maximum absolute atomic E-state index is 5.99. The Morgan fingerprint density at radius 3 is 2.57 bits per heavy atom. The standard InChI is InChI=1S/C10H6Cl2N2/c11-8-2-1-4-14-10(8)7-3-5-13-9(12)6-7/h1-6H. The lowest BCUT2D eigenvalue weighted by Crippen LogP contribution is -1.84. The number of halogens is 2. The Kier molecular flexibility index (Phi) is 2.66. The van der Waals surface area contributed by atoms with Crippen LogP contribution in [0.4, 0.5) is 0 Å². The average molecular weight is 225 g/mol. The first-order valence-electron chi connectivity index (χ1n) is 4.00. The second kappa shape index (κ2) is 3.95. The van der Waals surface area contributed by atoms with Crippen LogP contribution in [-0.2, 0) is 0 Å². The SMILES string of the molecule is Clc1cc(-c2ncccc2Cl)ccn1. The van der Waals surface area contributed by atoms with E-state index < -0.39 is 0 Å². The zero-order valence-electron chi connectivity index (χ0n) is 7.11. The highest BCUT2D eigenvalue weighted by atomic mass is 35.5. The molecule has 0 N–H and O–H groups in total. The van der Waals surface area contributed by atoms with Crippen LogP contribution >= 0.6 is 23.2 Å². The fourth-order valence-electron chi connectivity index (χ4n) is 1.15. The summed E-state index contributed by atoms with van der Waals surface area (Å²) in [4.78, 5) is 8.06. The van der Waals surface area contributed by atoms with E-state index in [0.29, 0.717) is 10.2 Å². The molecular weight excluding hydrogens is 219 g/mol. The molecule has 0 spiro atoms. The number of aromatic nitrogens is 2. The summed E-state index contributed by atoms with van der Waals surface area (Å²) in [6, 6.07) is 7.13. The van der Waals surface area contributed by atoms with Crippen LogP contribution in [-0.4, -0.2) is 9.97 Å². The third-order valence-electron chi connectivity index (χ3n) is 1.76. The van der Waals surface area contributed by atoms with Crippen LogP contribution < -0.4 is 0 Å². The minimum Gasteiger partial charge on any atom is -0.255 e. The Morgan fingerprint density at radius 2 is 1.86 bits per heavy atom. The number of hydrogen-bond acceptors (Lipinski definition) is 2. The Balaban J connectivity index is 2.55. The van der Waals surface area contributed by atoms with Crippen LogP contribution in [0.5, 0.6) is 0 Å². The van der Waals surface area contributed by atoms with Crippen molar-refractivity contribution in [3.8, 4) is 11.3 Å². The monoisotopic (exact) mass is 224 g/mol. The smallest absolute Gasteiger partial charge is 0.129 e. The molecule has 0 radical (unpaired) electrons. The highest BCUT2D eigenvalue weighted by molar-refractivity contribution is 6.33. The van der Waals surface area contributed by atoms with Gasteiger partial charge in [-0.15, -0.1) is 0 Å². The summed E-state index contributed by atoms with van der Waals surface area (Å²) in [5, 5.41) is 1.04. The zero-order valence-corrected chi connectivity index (χ0v) is 8.63. The maximum atomic E-state index is 5.99. The first kappa shape index (κ1) is 9.44. The number of hydrogen-bond donors (Lipinski definition) is 0. The molecule has 0 saturated carbocycles. The molecule has 0 aliphatic heterocycles. The molecule has 2 aromatic heterocycles. The Bertz CT molecular complexity index is 457. The second-order valence-corrected chi connectivity index (χ2v) is 3.50. The fraction of sp³-hybridized carbons (Fsp3) is 0. The van der Waals surface area contributed by atoms with Crippen molar-refractivity contribution in [2.24, 2.45) is 0 Å². The molecule has 4 heteroatoms. The summed E-state index contributed by atoms with van der Waals surface area (Å²) in [7, 11) is 0. The lowest BCUT2D eigenvalue weighted by Gasteiger charge is -2.02. The molecular formula is C10H6Cl2N2.